The van der Waals surface area contributed by atoms with Crippen LogP contribution in [0.5, 0.6) is 11.5 Å². The van der Waals surface area contributed by atoms with E-state index in [-0.39, 0.29) is 5.75 Å². The Kier molecular flexibility index (Phi) is 4.15. The number of nitro benzene ring substituents is 3. The van der Waals surface area contributed by atoms with Crippen molar-refractivity contribution in [2.75, 3.05) is 0 Å². The quantitative estimate of drug-likeness (QED) is 0.489. The highest BCUT2D eigenvalue weighted by atomic mass is 16.6. The first kappa shape index (κ1) is 16.8. The molecule has 0 saturated heterocycles. The molecule has 3 rings (SSSR count). The SMILES string of the molecule is O=[N+]([O-])c1cc([N+](=O)[O-])c(Oc2cccc3ccccc23)c([N+](=O)[O-])c1. The highest BCUT2D eigenvalue weighted by Gasteiger charge is 2.32. The molecule has 0 spiro atoms. The van der Waals surface area contributed by atoms with Gasteiger partial charge in [-0.15, -0.1) is 0 Å². The van der Waals surface area contributed by atoms with E-state index >= 15 is 0 Å². The van der Waals surface area contributed by atoms with Crippen LogP contribution in [0.15, 0.2) is 54.6 Å². The third kappa shape index (κ3) is 2.98. The minimum atomic E-state index is -0.958. The van der Waals surface area contributed by atoms with Gasteiger partial charge in [0.25, 0.3) is 11.4 Å². The molecule has 0 radical (unpaired) electrons. The Labute approximate surface area is 144 Å². The van der Waals surface area contributed by atoms with Gasteiger partial charge >= 0.3 is 11.4 Å². The van der Waals surface area contributed by atoms with E-state index in [4.69, 9.17) is 4.74 Å². The smallest absolute Gasteiger partial charge is 0.325 e. The van der Waals surface area contributed by atoms with E-state index in [0.29, 0.717) is 17.5 Å². The Morgan fingerprint density at radius 1 is 0.731 bits per heavy atom. The van der Waals surface area contributed by atoms with E-state index in [0.717, 1.165) is 5.39 Å². The van der Waals surface area contributed by atoms with Crippen LogP contribution in [-0.4, -0.2) is 14.8 Å². The van der Waals surface area contributed by atoms with Crippen molar-refractivity contribution in [2.24, 2.45) is 0 Å². The van der Waals surface area contributed by atoms with Crippen LogP contribution in [-0.2, 0) is 0 Å². The minimum Gasteiger partial charge on any atom is -0.444 e. The first-order valence-corrected chi connectivity index (χ1v) is 7.15. The van der Waals surface area contributed by atoms with E-state index < -0.39 is 37.6 Å². The van der Waals surface area contributed by atoms with E-state index in [1.807, 2.05) is 0 Å². The molecule has 3 aromatic rings. The fourth-order valence-corrected chi connectivity index (χ4v) is 2.46. The highest BCUT2D eigenvalue weighted by Crippen LogP contribution is 2.44. The van der Waals surface area contributed by atoms with Crippen LogP contribution in [0.1, 0.15) is 0 Å². The molecular weight excluding hydrogens is 346 g/mol. The molecule has 0 aliphatic rings. The summed E-state index contributed by atoms with van der Waals surface area (Å²) in [5.74, 6) is -0.509. The second-order valence-electron chi connectivity index (χ2n) is 5.16. The van der Waals surface area contributed by atoms with E-state index in [2.05, 4.69) is 0 Å². The highest BCUT2D eigenvalue weighted by molar-refractivity contribution is 5.88. The third-order valence-corrected chi connectivity index (χ3v) is 3.60. The van der Waals surface area contributed by atoms with Gasteiger partial charge in [0.15, 0.2) is 0 Å². The van der Waals surface area contributed by atoms with E-state index in [9.17, 15) is 30.3 Å². The number of hydrogen-bond donors (Lipinski definition) is 0. The maximum absolute atomic E-state index is 11.3. The Bertz CT molecular complexity index is 1020. The molecule has 0 bridgehead atoms. The molecule has 0 heterocycles. The average Bonchev–Trinajstić information content (AvgIpc) is 2.61. The maximum atomic E-state index is 11.3. The van der Waals surface area contributed by atoms with Gasteiger partial charge in [-0.25, -0.2) is 0 Å². The number of nitrogens with zero attached hydrogens (tertiary/aromatic N) is 3. The van der Waals surface area contributed by atoms with Crippen molar-refractivity contribution in [3.05, 3.63) is 84.9 Å². The molecular formula is C16H9N3O7. The molecule has 10 nitrogen and oxygen atoms in total. The molecule has 0 atom stereocenters. The summed E-state index contributed by atoms with van der Waals surface area (Å²) >= 11 is 0. The summed E-state index contributed by atoms with van der Waals surface area (Å²) in [6.45, 7) is 0. The normalized spacial score (nSPS) is 10.5. The average molecular weight is 355 g/mol. The van der Waals surface area contributed by atoms with Crippen LogP contribution in [0.2, 0.25) is 0 Å². The topological polar surface area (TPSA) is 139 Å². The first-order valence-electron chi connectivity index (χ1n) is 7.15. The van der Waals surface area contributed by atoms with Crippen molar-refractivity contribution in [1.82, 2.24) is 0 Å². The lowest BCUT2D eigenvalue weighted by Gasteiger charge is -2.09. The van der Waals surface area contributed by atoms with Gasteiger partial charge in [-0.05, 0) is 11.5 Å². The van der Waals surface area contributed by atoms with Crippen LogP contribution in [0.3, 0.4) is 0 Å². The lowest BCUT2D eigenvalue weighted by atomic mass is 10.1. The van der Waals surface area contributed by atoms with Gasteiger partial charge < -0.3 is 4.74 Å². The number of ether oxygens (including phenoxy) is 1. The molecule has 3 aromatic carbocycles. The molecule has 0 fully saturated rings. The number of rotatable bonds is 5. The lowest BCUT2D eigenvalue weighted by molar-refractivity contribution is -0.404. The summed E-state index contributed by atoms with van der Waals surface area (Å²) in [7, 11) is 0. The van der Waals surface area contributed by atoms with Crippen LogP contribution in [0, 0.1) is 30.3 Å². The predicted octanol–water partition coefficient (Wildman–Crippen LogP) is 4.36. The van der Waals surface area contributed by atoms with Gasteiger partial charge in [0.2, 0.25) is 0 Å². The second-order valence-corrected chi connectivity index (χ2v) is 5.16. The third-order valence-electron chi connectivity index (χ3n) is 3.60. The molecule has 0 unspecified atom stereocenters. The summed E-state index contributed by atoms with van der Waals surface area (Å²) < 4.78 is 5.51. The number of fused-ring (bicyclic) bond motifs is 1. The van der Waals surface area contributed by atoms with Crippen LogP contribution in [0.25, 0.3) is 10.8 Å². The van der Waals surface area contributed by atoms with E-state index in [1.165, 1.54) is 6.07 Å². The number of benzene rings is 3. The van der Waals surface area contributed by atoms with Crippen LogP contribution in [0.4, 0.5) is 17.1 Å². The van der Waals surface area contributed by atoms with Gasteiger partial charge in [0, 0.05) is 5.39 Å². The van der Waals surface area contributed by atoms with Crippen molar-refractivity contribution in [1.29, 1.82) is 0 Å². The maximum Gasteiger partial charge on any atom is 0.325 e. The Hall–Kier alpha value is -4.08. The van der Waals surface area contributed by atoms with Crippen molar-refractivity contribution >= 4 is 27.8 Å². The second kappa shape index (κ2) is 6.43. The summed E-state index contributed by atoms with van der Waals surface area (Å²) in [6.07, 6.45) is 0. The molecule has 0 aliphatic heterocycles. The Morgan fingerprint density at radius 3 is 1.88 bits per heavy atom. The molecule has 130 valence electrons. The van der Waals surface area contributed by atoms with Gasteiger partial charge in [-0.2, -0.15) is 0 Å². The fourth-order valence-electron chi connectivity index (χ4n) is 2.46. The van der Waals surface area contributed by atoms with Crippen LogP contribution < -0.4 is 4.74 Å². The molecule has 0 saturated carbocycles. The largest absolute Gasteiger partial charge is 0.444 e. The van der Waals surface area contributed by atoms with Gasteiger partial charge in [-0.1, -0.05) is 36.4 Å². The first-order chi connectivity index (χ1) is 12.4. The Morgan fingerprint density at radius 2 is 1.31 bits per heavy atom. The molecule has 0 amide bonds. The monoisotopic (exact) mass is 355 g/mol. The van der Waals surface area contributed by atoms with E-state index in [1.54, 1.807) is 36.4 Å². The summed E-state index contributed by atoms with van der Waals surface area (Å²) in [5.41, 5.74) is -2.49. The van der Waals surface area contributed by atoms with Gasteiger partial charge in [0.1, 0.15) is 5.75 Å². The van der Waals surface area contributed by atoms with Crippen molar-refractivity contribution in [3.8, 4) is 11.5 Å². The fraction of sp³-hybridized carbons (Fsp3) is 0. The van der Waals surface area contributed by atoms with Gasteiger partial charge in [0.05, 0.1) is 26.9 Å². The number of non-ortho nitro benzene ring substituents is 1. The summed E-state index contributed by atoms with van der Waals surface area (Å²) in [6, 6.07) is 13.1. The zero-order valence-corrected chi connectivity index (χ0v) is 12.9. The number of hydrogen-bond acceptors (Lipinski definition) is 7. The minimum absolute atomic E-state index is 0.156. The van der Waals surface area contributed by atoms with Crippen molar-refractivity contribution in [3.63, 3.8) is 0 Å². The molecule has 0 N–H and O–H groups in total. The van der Waals surface area contributed by atoms with Gasteiger partial charge in [-0.3, -0.25) is 30.3 Å². The number of nitro groups is 3. The summed E-state index contributed by atoms with van der Waals surface area (Å²) in [4.78, 5) is 30.7. The molecule has 10 heteroatoms. The standard InChI is InChI=1S/C16H9N3O7/c20-17(21)11-8-13(18(22)23)16(14(9-11)19(24)25)26-15-7-3-5-10-4-1-2-6-12(10)15/h1-9H. The molecule has 0 aromatic heterocycles. The van der Waals surface area contributed by atoms with Crippen molar-refractivity contribution < 1.29 is 19.5 Å². The lowest BCUT2D eigenvalue weighted by Crippen LogP contribution is -2.01. The zero-order valence-electron chi connectivity index (χ0n) is 12.9. The predicted molar refractivity (Wildman–Crippen MR) is 90.4 cm³/mol. The Balaban J connectivity index is 2.24. The van der Waals surface area contributed by atoms with Crippen molar-refractivity contribution in [2.45, 2.75) is 0 Å². The molecule has 0 aliphatic carbocycles. The summed E-state index contributed by atoms with van der Waals surface area (Å²) in [5, 5.41) is 34.9. The zero-order chi connectivity index (χ0) is 18.8. The van der Waals surface area contributed by atoms with Crippen LogP contribution >= 0.6 is 0 Å². The molecule has 26 heavy (non-hydrogen) atoms.